The fourth-order valence-corrected chi connectivity index (χ4v) is 3.56. The van der Waals surface area contributed by atoms with Crippen LogP contribution in [0.5, 0.6) is 0 Å². The molecule has 0 spiro atoms. The van der Waals surface area contributed by atoms with Gasteiger partial charge in [0.05, 0.1) is 11.8 Å². The zero-order valence-electron chi connectivity index (χ0n) is 13.0. The molecular formula is C18H17N3OS. The molecule has 1 unspecified atom stereocenters. The molecule has 0 saturated carbocycles. The van der Waals surface area contributed by atoms with E-state index in [0.29, 0.717) is 0 Å². The highest BCUT2D eigenvalue weighted by Gasteiger charge is 2.27. The Morgan fingerprint density at radius 1 is 1.17 bits per heavy atom. The van der Waals surface area contributed by atoms with Crippen LogP contribution in [0.2, 0.25) is 0 Å². The standard InChI is InChI=1S/C18H17N3OS/c1-21-18-13-8-7-12(23)9-11(13)10-16(22-2)14-5-3-4-6-15(14)17(18)19-20-21/h3-9,16,23H,10H2,1-2H3. The molecule has 116 valence electrons. The predicted molar refractivity (Wildman–Crippen MR) is 92.6 cm³/mol. The highest BCUT2D eigenvalue weighted by molar-refractivity contribution is 7.80. The van der Waals surface area contributed by atoms with Gasteiger partial charge in [0.15, 0.2) is 0 Å². The van der Waals surface area contributed by atoms with Crippen LogP contribution in [0, 0.1) is 0 Å². The van der Waals surface area contributed by atoms with E-state index in [2.05, 4.69) is 47.2 Å². The number of nitrogens with zero attached hydrogens (tertiary/aromatic N) is 3. The van der Waals surface area contributed by atoms with E-state index in [9.17, 15) is 0 Å². The maximum Gasteiger partial charge on any atom is 0.121 e. The first-order valence-electron chi connectivity index (χ1n) is 7.53. The molecule has 0 N–H and O–H groups in total. The highest BCUT2D eigenvalue weighted by atomic mass is 32.1. The summed E-state index contributed by atoms with van der Waals surface area (Å²) in [5.41, 5.74) is 6.51. The minimum atomic E-state index is -0.0183. The largest absolute Gasteiger partial charge is 0.376 e. The molecule has 2 aromatic carbocycles. The summed E-state index contributed by atoms with van der Waals surface area (Å²) < 4.78 is 7.64. The first kappa shape index (κ1) is 14.5. The molecule has 0 fully saturated rings. The van der Waals surface area contributed by atoms with Crippen LogP contribution in [0.15, 0.2) is 47.4 Å². The van der Waals surface area contributed by atoms with Crippen LogP contribution in [0.25, 0.3) is 22.5 Å². The predicted octanol–water partition coefficient (Wildman–Crippen LogP) is 3.68. The summed E-state index contributed by atoms with van der Waals surface area (Å²) in [5.74, 6) is 0. The Labute approximate surface area is 140 Å². The van der Waals surface area contributed by atoms with Crippen LogP contribution in [-0.4, -0.2) is 22.1 Å². The molecule has 23 heavy (non-hydrogen) atoms. The van der Waals surface area contributed by atoms with Crippen LogP contribution in [0.3, 0.4) is 0 Å². The van der Waals surface area contributed by atoms with Crippen LogP contribution in [-0.2, 0) is 18.2 Å². The topological polar surface area (TPSA) is 39.9 Å². The van der Waals surface area contributed by atoms with Crippen LogP contribution >= 0.6 is 12.6 Å². The van der Waals surface area contributed by atoms with Crippen LogP contribution < -0.4 is 0 Å². The van der Waals surface area contributed by atoms with Gasteiger partial charge in [0.1, 0.15) is 5.69 Å². The lowest BCUT2D eigenvalue weighted by atomic mass is 9.87. The minimum absolute atomic E-state index is 0.0183. The molecule has 0 aliphatic heterocycles. The number of hydrogen-bond acceptors (Lipinski definition) is 4. The fraction of sp³-hybridized carbons (Fsp3) is 0.222. The molecule has 1 atom stereocenters. The van der Waals surface area contributed by atoms with Gasteiger partial charge in [-0.25, -0.2) is 4.68 Å². The molecule has 0 radical (unpaired) electrons. The maximum absolute atomic E-state index is 5.79. The average molecular weight is 323 g/mol. The Kier molecular flexibility index (Phi) is 3.47. The number of benzene rings is 2. The SMILES string of the molecule is COC1Cc2cc(S)ccc2-c2c(nnn2C)-c2ccccc21. The van der Waals surface area contributed by atoms with E-state index in [0.717, 1.165) is 39.4 Å². The highest BCUT2D eigenvalue weighted by Crippen LogP contribution is 2.41. The molecule has 4 rings (SSSR count). The van der Waals surface area contributed by atoms with Gasteiger partial charge < -0.3 is 4.74 Å². The van der Waals surface area contributed by atoms with Crippen LogP contribution in [0.1, 0.15) is 17.2 Å². The average Bonchev–Trinajstić information content (AvgIpc) is 2.92. The summed E-state index contributed by atoms with van der Waals surface area (Å²) in [4.78, 5) is 0.948. The van der Waals surface area contributed by atoms with E-state index in [-0.39, 0.29) is 6.10 Å². The van der Waals surface area contributed by atoms with Crippen LogP contribution in [0.4, 0.5) is 0 Å². The van der Waals surface area contributed by atoms with E-state index >= 15 is 0 Å². The van der Waals surface area contributed by atoms with E-state index in [1.54, 1.807) is 7.11 Å². The summed E-state index contributed by atoms with van der Waals surface area (Å²) in [6.07, 6.45) is 0.775. The van der Waals surface area contributed by atoms with Gasteiger partial charge in [-0.3, -0.25) is 0 Å². The lowest BCUT2D eigenvalue weighted by Gasteiger charge is -2.24. The number of thiol groups is 1. The van der Waals surface area contributed by atoms with Crippen molar-refractivity contribution < 1.29 is 4.74 Å². The zero-order valence-corrected chi connectivity index (χ0v) is 13.9. The van der Waals surface area contributed by atoms with E-state index in [1.165, 1.54) is 5.56 Å². The molecule has 5 heteroatoms. The van der Waals surface area contributed by atoms with E-state index in [1.807, 2.05) is 29.9 Å². The number of ether oxygens (including phenoxy) is 1. The van der Waals surface area contributed by atoms with Gasteiger partial charge in [0.25, 0.3) is 0 Å². The fourth-order valence-electron chi connectivity index (χ4n) is 3.33. The molecule has 3 aromatic rings. The molecule has 0 saturated heterocycles. The van der Waals surface area contributed by atoms with Crippen molar-refractivity contribution in [1.82, 2.24) is 15.0 Å². The molecule has 4 nitrogen and oxygen atoms in total. The van der Waals surface area contributed by atoms with Gasteiger partial charge in [-0.1, -0.05) is 35.5 Å². The number of hydrogen-bond donors (Lipinski definition) is 1. The number of methoxy groups -OCH3 is 1. The van der Waals surface area contributed by atoms with Gasteiger partial charge in [-0.15, -0.1) is 17.7 Å². The third-order valence-electron chi connectivity index (χ3n) is 4.42. The van der Waals surface area contributed by atoms with Crippen molar-refractivity contribution in [3.8, 4) is 22.5 Å². The van der Waals surface area contributed by atoms with Crippen molar-refractivity contribution in [2.24, 2.45) is 7.05 Å². The normalized spacial score (nSPS) is 16.0. The third kappa shape index (κ3) is 2.28. The third-order valence-corrected chi connectivity index (χ3v) is 4.70. The minimum Gasteiger partial charge on any atom is -0.376 e. The van der Waals surface area contributed by atoms with Gasteiger partial charge in [-0.2, -0.15) is 0 Å². The van der Waals surface area contributed by atoms with Crippen molar-refractivity contribution in [3.63, 3.8) is 0 Å². The zero-order chi connectivity index (χ0) is 16.0. The van der Waals surface area contributed by atoms with Crippen molar-refractivity contribution in [1.29, 1.82) is 0 Å². The number of rotatable bonds is 1. The Balaban J connectivity index is 2.08. The van der Waals surface area contributed by atoms with Crippen molar-refractivity contribution in [2.75, 3.05) is 7.11 Å². The monoisotopic (exact) mass is 323 g/mol. The first-order valence-corrected chi connectivity index (χ1v) is 7.98. The second-order valence-electron chi connectivity index (χ2n) is 5.77. The summed E-state index contributed by atoms with van der Waals surface area (Å²) in [6, 6.07) is 14.5. The summed E-state index contributed by atoms with van der Waals surface area (Å²) in [6.45, 7) is 0. The van der Waals surface area contributed by atoms with Gasteiger partial charge in [0, 0.05) is 36.6 Å². The number of fused-ring (bicyclic) bond motifs is 5. The molecule has 1 aliphatic carbocycles. The maximum atomic E-state index is 5.79. The molecule has 1 heterocycles. The van der Waals surface area contributed by atoms with Gasteiger partial charge >= 0.3 is 0 Å². The lowest BCUT2D eigenvalue weighted by Crippen LogP contribution is -2.11. The smallest absolute Gasteiger partial charge is 0.121 e. The molecule has 1 aliphatic rings. The Bertz CT molecular complexity index is 888. The summed E-state index contributed by atoms with van der Waals surface area (Å²) in [5, 5.41) is 8.69. The van der Waals surface area contributed by atoms with Crippen molar-refractivity contribution in [3.05, 3.63) is 53.6 Å². The Hall–Kier alpha value is -2.11. The van der Waals surface area contributed by atoms with Crippen molar-refractivity contribution in [2.45, 2.75) is 17.4 Å². The second kappa shape index (κ2) is 5.51. The first-order chi connectivity index (χ1) is 11.2. The molecular weight excluding hydrogens is 306 g/mol. The molecule has 0 amide bonds. The number of aryl methyl sites for hydroxylation is 1. The van der Waals surface area contributed by atoms with E-state index < -0.39 is 0 Å². The molecule has 0 bridgehead atoms. The summed E-state index contributed by atoms with van der Waals surface area (Å²) in [7, 11) is 3.69. The lowest BCUT2D eigenvalue weighted by molar-refractivity contribution is 0.104. The quantitative estimate of drug-likeness (QED) is 0.695. The Morgan fingerprint density at radius 3 is 2.83 bits per heavy atom. The van der Waals surface area contributed by atoms with Crippen molar-refractivity contribution >= 4 is 12.6 Å². The van der Waals surface area contributed by atoms with E-state index in [4.69, 9.17) is 4.74 Å². The molecule has 1 aromatic heterocycles. The Morgan fingerprint density at radius 2 is 2.00 bits per heavy atom. The van der Waals surface area contributed by atoms with Gasteiger partial charge in [0.2, 0.25) is 0 Å². The second-order valence-corrected chi connectivity index (χ2v) is 6.28. The summed E-state index contributed by atoms with van der Waals surface area (Å²) >= 11 is 4.50. The number of aromatic nitrogens is 3. The van der Waals surface area contributed by atoms with Gasteiger partial charge in [-0.05, 0) is 23.3 Å².